The molecule has 1 aromatic heterocycles. The first kappa shape index (κ1) is 25.9. The number of nitrogen functional groups attached to an aromatic ring is 1. The van der Waals surface area contributed by atoms with Crippen LogP contribution in [-0.2, 0) is 21.4 Å². The summed E-state index contributed by atoms with van der Waals surface area (Å²) >= 11 is 0. The fraction of sp³-hybridized carbons (Fsp3) is 0.450. The van der Waals surface area contributed by atoms with Crippen LogP contribution in [0.1, 0.15) is 19.8 Å². The summed E-state index contributed by atoms with van der Waals surface area (Å²) in [5.41, 5.74) is 4.97. The van der Waals surface area contributed by atoms with Gasteiger partial charge in [-0.1, -0.05) is 13.3 Å². The zero-order valence-electron chi connectivity index (χ0n) is 19.3. The summed E-state index contributed by atoms with van der Waals surface area (Å²) in [6.07, 6.45) is 1.52. The number of benzene rings is 1. The number of carbonyl (C=O) groups excluding carboxylic acids is 1. The minimum Gasteiger partial charge on any atom is -0.495 e. The fourth-order valence-electron chi connectivity index (χ4n) is 3.13. The number of amides is 1. The number of nitrogens with zero attached hydrogens (tertiary/aromatic N) is 3. The van der Waals surface area contributed by atoms with Crippen LogP contribution in [0.4, 0.5) is 17.2 Å². The van der Waals surface area contributed by atoms with E-state index in [1.54, 1.807) is 0 Å². The summed E-state index contributed by atoms with van der Waals surface area (Å²) in [4.78, 5) is 40.5. The van der Waals surface area contributed by atoms with Crippen LogP contribution < -0.4 is 31.9 Å². The minimum atomic E-state index is -3.82. The molecule has 0 unspecified atom stereocenters. The quantitative estimate of drug-likeness (QED) is 0.434. The summed E-state index contributed by atoms with van der Waals surface area (Å²) in [7, 11) is 1.79. The second kappa shape index (κ2) is 10.5. The molecule has 0 aliphatic heterocycles. The third-order valence-electron chi connectivity index (χ3n) is 4.92. The van der Waals surface area contributed by atoms with Crippen LogP contribution in [0.3, 0.4) is 0 Å². The Kier molecular flexibility index (Phi) is 8.28. The second-order valence-electron chi connectivity index (χ2n) is 7.56. The van der Waals surface area contributed by atoms with Gasteiger partial charge in [0.25, 0.3) is 5.56 Å². The van der Waals surface area contributed by atoms with Gasteiger partial charge in [-0.05, 0) is 24.6 Å². The zero-order valence-corrected chi connectivity index (χ0v) is 20.2. The predicted molar refractivity (Wildman–Crippen MR) is 126 cm³/mol. The van der Waals surface area contributed by atoms with E-state index in [2.05, 4.69) is 10.3 Å². The number of ether oxygens (including phenoxy) is 1. The zero-order chi connectivity index (χ0) is 24.9. The molecule has 0 aliphatic rings. The van der Waals surface area contributed by atoms with E-state index < -0.39 is 27.2 Å². The average Bonchev–Trinajstić information content (AvgIpc) is 2.73. The molecule has 0 saturated carbocycles. The number of H-pyrrole nitrogens is 1. The Bertz CT molecular complexity index is 1230. The number of methoxy groups -OCH3 is 1. The number of likely N-dealkylation sites (N-methyl/N-ethyl adjacent to an activating group) is 1. The summed E-state index contributed by atoms with van der Waals surface area (Å²) in [6.45, 7) is 2.01. The van der Waals surface area contributed by atoms with Crippen molar-refractivity contribution in [3.8, 4) is 5.75 Å². The lowest BCUT2D eigenvalue weighted by Crippen LogP contribution is -2.39. The number of hydrogen-bond acceptors (Lipinski definition) is 8. The van der Waals surface area contributed by atoms with Crippen LogP contribution in [-0.4, -0.2) is 63.0 Å². The van der Waals surface area contributed by atoms with Crippen molar-refractivity contribution in [3.05, 3.63) is 39.0 Å². The van der Waals surface area contributed by atoms with Crippen molar-refractivity contribution < 1.29 is 17.9 Å². The molecule has 33 heavy (non-hydrogen) atoms. The highest BCUT2D eigenvalue weighted by Crippen LogP contribution is 2.29. The number of rotatable bonds is 10. The smallest absolute Gasteiger partial charge is 0.330 e. The third-order valence-corrected chi connectivity index (χ3v) is 6.75. The Morgan fingerprint density at radius 2 is 1.91 bits per heavy atom. The van der Waals surface area contributed by atoms with Crippen molar-refractivity contribution in [2.75, 3.05) is 50.7 Å². The van der Waals surface area contributed by atoms with E-state index in [0.717, 1.165) is 10.7 Å². The number of nitrogens with one attached hydrogen (secondary N) is 2. The molecule has 0 aliphatic carbocycles. The first-order chi connectivity index (χ1) is 15.4. The SMILES string of the molecule is CCCCn1c(N)c(N(C)CC(=O)Nc2ccc(OC)c(S(=O)(=O)N(C)C)c2)c(=O)[nH]c1=O. The Balaban J connectivity index is 2.29. The van der Waals surface area contributed by atoms with E-state index in [-0.39, 0.29) is 34.4 Å². The van der Waals surface area contributed by atoms with E-state index in [9.17, 15) is 22.8 Å². The maximum Gasteiger partial charge on any atom is 0.330 e. The maximum atomic E-state index is 12.6. The van der Waals surface area contributed by atoms with Crippen LogP contribution in [0.2, 0.25) is 0 Å². The van der Waals surface area contributed by atoms with Gasteiger partial charge in [-0.25, -0.2) is 17.5 Å². The number of unbranched alkanes of at least 4 members (excludes halogenated alkanes) is 1. The molecule has 0 bridgehead atoms. The van der Waals surface area contributed by atoms with E-state index in [4.69, 9.17) is 10.5 Å². The minimum absolute atomic E-state index is 0.00791. The normalized spacial score (nSPS) is 11.5. The Morgan fingerprint density at radius 1 is 1.24 bits per heavy atom. The standard InChI is InChI=1S/C20H30N6O6S/c1-6-7-10-26-18(21)17(19(28)23-20(26)29)25(4)12-16(27)22-13-8-9-14(32-5)15(11-13)33(30,31)24(2)3/h8-9,11H,6-7,10,12,21H2,1-5H3,(H,22,27)(H,23,28,29). The van der Waals surface area contributed by atoms with Gasteiger partial charge in [0.15, 0.2) is 0 Å². The average molecular weight is 483 g/mol. The van der Waals surface area contributed by atoms with Crippen molar-refractivity contribution in [1.82, 2.24) is 13.9 Å². The van der Waals surface area contributed by atoms with Gasteiger partial charge in [0.1, 0.15) is 22.2 Å². The second-order valence-corrected chi connectivity index (χ2v) is 9.68. The molecule has 2 aromatic rings. The van der Waals surface area contributed by atoms with Crippen LogP contribution in [0.25, 0.3) is 0 Å². The largest absolute Gasteiger partial charge is 0.495 e. The van der Waals surface area contributed by atoms with E-state index in [0.29, 0.717) is 13.0 Å². The summed E-state index contributed by atoms with van der Waals surface area (Å²) in [5, 5.41) is 2.60. The number of hydrogen-bond donors (Lipinski definition) is 3. The van der Waals surface area contributed by atoms with Crippen molar-refractivity contribution in [2.24, 2.45) is 0 Å². The van der Waals surface area contributed by atoms with E-state index >= 15 is 0 Å². The lowest BCUT2D eigenvalue weighted by Gasteiger charge is -2.21. The topological polar surface area (TPSA) is 160 Å². The van der Waals surface area contributed by atoms with Gasteiger partial charge in [-0.2, -0.15) is 0 Å². The Labute approximate surface area is 192 Å². The molecule has 0 spiro atoms. The highest BCUT2D eigenvalue weighted by Gasteiger charge is 2.23. The van der Waals surface area contributed by atoms with Gasteiger partial charge in [0.05, 0.1) is 13.7 Å². The molecule has 0 saturated heterocycles. The van der Waals surface area contributed by atoms with Crippen LogP contribution in [0.5, 0.6) is 5.75 Å². The molecule has 0 radical (unpaired) electrons. The summed E-state index contributed by atoms with van der Waals surface area (Å²) in [6, 6.07) is 4.22. The lowest BCUT2D eigenvalue weighted by molar-refractivity contribution is -0.114. The molecule has 1 aromatic carbocycles. The molecule has 182 valence electrons. The summed E-state index contributed by atoms with van der Waals surface area (Å²) < 4.78 is 32.6. The first-order valence-corrected chi connectivity index (χ1v) is 11.6. The third kappa shape index (κ3) is 5.73. The molecule has 4 N–H and O–H groups in total. The van der Waals surface area contributed by atoms with Crippen LogP contribution >= 0.6 is 0 Å². The molecule has 1 heterocycles. The van der Waals surface area contributed by atoms with E-state index in [1.165, 1.54) is 55.9 Å². The van der Waals surface area contributed by atoms with Crippen LogP contribution in [0.15, 0.2) is 32.7 Å². The van der Waals surface area contributed by atoms with Crippen LogP contribution in [0, 0.1) is 0 Å². The first-order valence-electron chi connectivity index (χ1n) is 10.2. The van der Waals surface area contributed by atoms with Gasteiger partial charge in [-0.3, -0.25) is 19.1 Å². The number of nitrogens with two attached hydrogens (primary N) is 1. The van der Waals surface area contributed by atoms with Gasteiger partial charge in [0, 0.05) is 33.4 Å². The van der Waals surface area contributed by atoms with Gasteiger partial charge in [-0.15, -0.1) is 0 Å². The molecular weight excluding hydrogens is 452 g/mol. The van der Waals surface area contributed by atoms with Crippen molar-refractivity contribution >= 4 is 33.1 Å². The van der Waals surface area contributed by atoms with E-state index in [1.807, 2.05) is 6.92 Å². The highest BCUT2D eigenvalue weighted by atomic mass is 32.2. The number of carbonyl (C=O) groups is 1. The predicted octanol–water partition coefficient (Wildman–Crippen LogP) is 0.253. The van der Waals surface area contributed by atoms with Crippen molar-refractivity contribution in [3.63, 3.8) is 0 Å². The number of aromatic amines is 1. The molecular formula is C20H30N6O6S. The monoisotopic (exact) mass is 482 g/mol. The molecule has 2 rings (SSSR count). The molecule has 13 heteroatoms. The Morgan fingerprint density at radius 3 is 2.48 bits per heavy atom. The number of aromatic nitrogens is 2. The highest BCUT2D eigenvalue weighted by molar-refractivity contribution is 7.89. The van der Waals surface area contributed by atoms with Gasteiger partial charge >= 0.3 is 5.69 Å². The van der Waals surface area contributed by atoms with Gasteiger partial charge < -0.3 is 20.7 Å². The van der Waals surface area contributed by atoms with Crippen molar-refractivity contribution in [1.29, 1.82) is 0 Å². The Hall–Kier alpha value is -3.32. The number of sulfonamides is 1. The molecule has 0 atom stereocenters. The van der Waals surface area contributed by atoms with Crippen molar-refractivity contribution in [2.45, 2.75) is 31.2 Å². The fourth-order valence-corrected chi connectivity index (χ4v) is 4.21. The molecule has 12 nitrogen and oxygen atoms in total. The summed E-state index contributed by atoms with van der Waals surface area (Å²) in [5.74, 6) is -0.426. The number of anilines is 3. The lowest BCUT2D eigenvalue weighted by atomic mass is 10.3. The molecule has 0 fully saturated rings. The van der Waals surface area contributed by atoms with Gasteiger partial charge in [0.2, 0.25) is 15.9 Å². The maximum absolute atomic E-state index is 12.6. The molecule has 1 amide bonds.